The van der Waals surface area contributed by atoms with Gasteiger partial charge in [0.1, 0.15) is 5.75 Å². The molecule has 20 heavy (non-hydrogen) atoms. The molecule has 0 heterocycles. The molecule has 2 aromatic carbocycles. The van der Waals surface area contributed by atoms with Crippen LogP contribution < -0.4 is 9.47 Å². The Morgan fingerprint density at radius 2 is 1.70 bits per heavy atom. The summed E-state index contributed by atoms with van der Waals surface area (Å²) in [4.78, 5) is 0. The van der Waals surface area contributed by atoms with Crippen molar-refractivity contribution in [1.29, 1.82) is 0 Å². The lowest BCUT2D eigenvalue weighted by Gasteiger charge is -2.18. The molecule has 0 spiro atoms. The highest BCUT2D eigenvalue weighted by molar-refractivity contribution is 5.54. The second-order valence-corrected chi connectivity index (χ2v) is 4.39. The zero-order valence-corrected chi connectivity index (χ0v) is 11.7. The van der Waals surface area contributed by atoms with Gasteiger partial charge >= 0.3 is 0 Å². The predicted octanol–water partition coefficient (Wildman–Crippen LogP) is 3.73. The van der Waals surface area contributed by atoms with Gasteiger partial charge in [-0.15, -0.1) is 6.58 Å². The van der Waals surface area contributed by atoms with Gasteiger partial charge in [0, 0.05) is 17.5 Å². The summed E-state index contributed by atoms with van der Waals surface area (Å²) < 4.78 is 10.5. The number of hydrogen-bond acceptors (Lipinski definition) is 3. The highest BCUT2D eigenvalue weighted by Gasteiger charge is 2.18. The highest BCUT2D eigenvalue weighted by Crippen LogP contribution is 2.40. The molecular weight excluding hydrogens is 252 g/mol. The number of benzene rings is 2. The minimum atomic E-state index is -0.0528. The maximum atomic E-state index is 9.99. The quantitative estimate of drug-likeness (QED) is 0.841. The molecule has 0 aliphatic rings. The molecule has 3 heteroatoms. The van der Waals surface area contributed by atoms with Crippen LogP contribution in [0.2, 0.25) is 0 Å². The van der Waals surface area contributed by atoms with E-state index in [-0.39, 0.29) is 11.7 Å². The van der Waals surface area contributed by atoms with Crippen LogP contribution in [0.3, 0.4) is 0 Å². The molecule has 0 radical (unpaired) electrons. The lowest BCUT2D eigenvalue weighted by atomic mass is 9.90. The zero-order chi connectivity index (χ0) is 14.5. The fourth-order valence-corrected chi connectivity index (χ4v) is 2.25. The average Bonchev–Trinajstić information content (AvgIpc) is 2.49. The average molecular weight is 270 g/mol. The van der Waals surface area contributed by atoms with Crippen LogP contribution in [0.4, 0.5) is 0 Å². The van der Waals surface area contributed by atoms with Crippen LogP contribution in [0.5, 0.6) is 17.2 Å². The Balaban J connectivity index is 2.55. The van der Waals surface area contributed by atoms with E-state index in [9.17, 15) is 5.11 Å². The molecule has 2 aromatic rings. The third-order valence-corrected chi connectivity index (χ3v) is 3.26. The molecule has 0 saturated carbocycles. The number of phenolic OH excluding ortho intramolecular Hbond substituents is 1. The van der Waals surface area contributed by atoms with Crippen LogP contribution >= 0.6 is 0 Å². The summed E-state index contributed by atoms with van der Waals surface area (Å²) in [6.07, 6.45) is 1.83. The van der Waals surface area contributed by atoms with Gasteiger partial charge in [0.25, 0.3) is 0 Å². The van der Waals surface area contributed by atoms with Crippen LogP contribution in [0, 0.1) is 0 Å². The number of allylic oxidation sites excluding steroid dienone is 1. The van der Waals surface area contributed by atoms with Gasteiger partial charge in [0.2, 0.25) is 0 Å². The first-order valence-electron chi connectivity index (χ1n) is 6.33. The third-order valence-electron chi connectivity index (χ3n) is 3.26. The molecule has 0 aliphatic carbocycles. The van der Waals surface area contributed by atoms with Gasteiger partial charge in [-0.2, -0.15) is 0 Å². The predicted molar refractivity (Wildman–Crippen MR) is 79.7 cm³/mol. The SMILES string of the molecule is C=C[C@H](c1ccccc1)c1cc(O)c(OC)cc1OC. The molecule has 0 fully saturated rings. The first kappa shape index (κ1) is 14.0. The van der Waals surface area contributed by atoms with E-state index in [1.807, 2.05) is 36.4 Å². The monoisotopic (exact) mass is 270 g/mol. The van der Waals surface area contributed by atoms with E-state index in [2.05, 4.69) is 6.58 Å². The molecule has 0 unspecified atom stereocenters. The summed E-state index contributed by atoms with van der Waals surface area (Å²) in [5, 5.41) is 9.99. The third kappa shape index (κ3) is 2.62. The first-order chi connectivity index (χ1) is 9.71. The van der Waals surface area contributed by atoms with Crippen molar-refractivity contribution in [1.82, 2.24) is 0 Å². The lowest BCUT2D eigenvalue weighted by Crippen LogP contribution is -2.01. The van der Waals surface area contributed by atoms with Crippen molar-refractivity contribution in [2.24, 2.45) is 0 Å². The molecule has 0 amide bonds. The minimum Gasteiger partial charge on any atom is -0.504 e. The molecule has 2 rings (SSSR count). The highest BCUT2D eigenvalue weighted by atomic mass is 16.5. The fourth-order valence-electron chi connectivity index (χ4n) is 2.25. The minimum absolute atomic E-state index is 0.0528. The zero-order valence-electron chi connectivity index (χ0n) is 11.7. The topological polar surface area (TPSA) is 38.7 Å². The summed E-state index contributed by atoms with van der Waals surface area (Å²) in [6, 6.07) is 13.3. The summed E-state index contributed by atoms with van der Waals surface area (Å²) >= 11 is 0. The molecule has 3 nitrogen and oxygen atoms in total. The Kier molecular flexibility index (Phi) is 4.31. The van der Waals surface area contributed by atoms with Crippen molar-refractivity contribution in [3.63, 3.8) is 0 Å². The number of rotatable bonds is 5. The van der Waals surface area contributed by atoms with Crippen molar-refractivity contribution < 1.29 is 14.6 Å². The van der Waals surface area contributed by atoms with Gasteiger partial charge in [-0.25, -0.2) is 0 Å². The summed E-state index contributed by atoms with van der Waals surface area (Å²) in [5.74, 6) is 1.09. The summed E-state index contributed by atoms with van der Waals surface area (Å²) in [5.41, 5.74) is 1.94. The van der Waals surface area contributed by atoms with Crippen LogP contribution in [0.1, 0.15) is 17.0 Å². The first-order valence-corrected chi connectivity index (χ1v) is 6.33. The van der Waals surface area contributed by atoms with Gasteiger partial charge in [0.15, 0.2) is 11.5 Å². The van der Waals surface area contributed by atoms with E-state index in [1.54, 1.807) is 19.2 Å². The van der Waals surface area contributed by atoms with E-state index >= 15 is 0 Å². The molecular formula is C17H18O3. The number of aromatic hydroxyl groups is 1. The maximum absolute atomic E-state index is 9.99. The van der Waals surface area contributed by atoms with Crippen molar-refractivity contribution in [2.75, 3.05) is 14.2 Å². The smallest absolute Gasteiger partial charge is 0.164 e. The molecule has 1 atom stereocenters. The Hall–Kier alpha value is -2.42. The maximum Gasteiger partial charge on any atom is 0.164 e. The second kappa shape index (κ2) is 6.15. The van der Waals surface area contributed by atoms with Crippen LogP contribution in [0.15, 0.2) is 55.1 Å². The van der Waals surface area contributed by atoms with E-state index in [4.69, 9.17) is 9.47 Å². The molecule has 0 bridgehead atoms. The molecule has 0 aliphatic heterocycles. The molecule has 0 aromatic heterocycles. The normalized spacial score (nSPS) is 11.7. The summed E-state index contributed by atoms with van der Waals surface area (Å²) in [6.45, 7) is 3.89. The van der Waals surface area contributed by atoms with Gasteiger partial charge in [0.05, 0.1) is 14.2 Å². The van der Waals surface area contributed by atoms with Crippen LogP contribution in [-0.4, -0.2) is 19.3 Å². The summed E-state index contributed by atoms with van der Waals surface area (Å²) in [7, 11) is 3.11. The largest absolute Gasteiger partial charge is 0.504 e. The van der Waals surface area contributed by atoms with E-state index in [0.717, 1.165) is 11.1 Å². The Bertz CT molecular complexity index is 591. The Labute approximate surface area is 119 Å². The van der Waals surface area contributed by atoms with Crippen molar-refractivity contribution >= 4 is 0 Å². The van der Waals surface area contributed by atoms with Crippen LogP contribution in [-0.2, 0) is 0 Å². The lowest BCUT2D eigenvalue weighted by molar-refractivity contribution is 0.362. The number of phenols is 1. The van der Waals surface area contributed by atoms with Gasteiger partial charge < -0.3 is 14.6 Å². The Morgan fingerprint density at radius 3 is 2.25 bits per heavy atom. The van der Waals surface area contributed by atoms with Crippen molar-refractivity contribution in [3.05, 3.63) is 66.2 Å². The Morgan fingerprint density at radius 1 is 1.05 bits per heavy atom. The fraction of sp³-hybridized carbons (Fsp3) is 0.176. The van der Waals surface area contributed by atoms with Gasteiger partial charge in [-0.1, -0.05) is 36.4 Å². The van der Waals surface area contributed by atoms with Gasteiger partial charge in [-0.05, 0) is 11.6 Å². The van der Waals surface area contributed by atoms with E-state index in [0.29, 0.717) is 11.5 Å². The van der Waals surface area contributed by atoms with Crippen molar-refractivity contribution in [2.45, 2.75) is 5.92 Å². The van der Waals surface area contributed by atoms with Crippen LogP contribution in [0.25, 0.3) is 0 Å². The second-order valence-electron chi connectivity index (χ2n) is 4.39. The number of ether oxygens (including phenoxy) is 2. The number of hydrogen-bond donors (Lipinski definition) is 1. The number of methoxy groups -OCH3 is 2. The van der Waals surface area contributed by atoms with Crippen molar-refractivity contribution in [3.8, 4) is 17.2 Å². The van der Waals surface area contributed by atoms with E-state index < -0.39 is 0 Å². The van der Waals surface area contributed by atoms with Gasteiger partial charge in [-0.3, -0.25) is 0 Å². The standard InChI is InChI=1S/C17H18O3/c1-4-13(12-8-6-5-7-9-12)14-10-15(18)17(20-3)11-16(14)19-2/h4-11,13,18H,1H2,2-3H3/t13-/m1/s1. The molecule has 104 valence electrons. The van der Waals surface area contributed by atoms with E-state index in [1.165, 1.54) is 7.11 Å². The molecule has 1 N–H and O–H groups in total. The molecule has 0 saturated heterocycles.